The number of rotatable bonds is 0. The average Bonchev–Trinajstić information content (AvgIpc) is 1.34. The maximum atomic E-state index is 9.87. The summed E-state index contributed by atoms with van der Waals surface area (Å²) in [4.78, 5) is 0. The molecule has 2 nitrogen and oxygen atoms in total. The van der Waals surface area contributed by atoms with E-state index in [-0.39, 0.29) is 4.70 Å². The first-order valence-corrected chi connectivity index (χ1v) is 6.62. The maximum Gasteiger partial charge on any atom is -1.00 e. The maximum absolute atomic E-state index is 10.7. The van der Waals surface area contributed by atoms with Crippen LogP contribution >= 0.6 is 7.81 Å². The quantitative estimate of drug-likeness (QED) is 0.356. The van der Waals surface area contributed by atoms with Gasteiger partial charge in [0.15, 0.2) is 0 Å². The Labute approximate surface area is 104 Å². The summed E-state index contributed by atoms with van der Waals surface area (Å²) in [7, 11) is 6.34. The molecule has 0 aromatic heterocycles. The Morgan fingerprint density at radius 3 is 0.500 bits per heavy atom. The number of nitrogens with zero attached hydrogens (tertiary/aromatic N) is 2. The van der Waals surface area contributed by atoms with Gasteiger partial charge in [-0.25, -0.2) is 0 Å². The van der Waals surface area contributed by atoms with Crippen molar-refractivity contribution < 1.29 is 38.9 Å². The van der Waals surface area contributed by atoms with Gasteiger partial charge in [0.1, 0.15) is 0 Å². The molecule has 10 heteroatoms. The molecule has 0 aromatic carbocycles. The minimum Gasteiger partial charge on any atom is -1.00 e. The minimum absolute atomic E-state index is 0. The molecule has 0 amide bonds. The molecule has 0 rings (SSSR count). The Morgan fingerprint density at radius 1 is 0.500 bits per heavy atom. The van der Waals surface area contributed by atoms with Crippen LogP contribution in [0.25, 0.3) is 0 Å². The fourth-order valence-electron chi connectivity index (χ4n) is 0. The fraction of sp³-hybridized carbons (Fsp3) is 1.00. The van der Waals surface area contributed by atoms with Gasteiger partial charge in [0.05, 0.1) is 56.4 Å². The van der Waals surface area contributed by atoms with Crippen LogP contribution < -0.4 is 4.70 Å². The van der Waals surface area contributed by atoms with Gasteiger partial charge in [-0.2, -0.15) is 0 Å². The summed E-state index contributed by atoms with van der Waals surface area (Å²) >= 11 is 0. The summed E-state index contributed by atoms with van der Waals surface area (Å²) < 4.78 is 61.2. The van der Waals surface area contributed by atoms with E-state index in [1.54, 1.807) is 0 Å². The molecule has 0 N–H and O–H groups in total. The van der Waals surface area contributed by atoms with Gasteiger partial charge in [-0.3, -0.25) is 0 Å². The summed E-state index contributed by atoms with van der Waals surface area (Å²) in [6.45, 7) is 0. The molecule has 0 unspecified atom stereocenters. The predicted octanol–water partition coefficient (Wildman–Crippen LogP) is 1.03. The van der Waals surface area contributed by atoms with Crippen molar-refractivity contribution in [3.8, 4) is 0 Å². The third-order valence-electron chi connectivity index (χ3n) is 0. The van der Waals surface area contributed by atoms with Crippen LogP contribution in [0.1, 0.15) is 0 Å². The van der Waals surface area contributed by atoms with Crippen molar-refractivity contribution in [3.05, 3.63) is 0 Å². The molecule has 0 fully saturated rings. The van der Waals surface area contributed by atoms with E-state index in [0.29, 0.717) is 0 Å². The molecule has 0 atom stereocenters. The van der Waals surface area contributed by atoms with Crippen molar-refractivity contribution in [1.82, 2.24) is 0 Å². The zero-order valence-corrected chi connectivity index (χ0v) is 12.9. The summed E-state index contributed by atoms with van der Waals surface area (Å²) in [5.74, 6) is 0. The third kappa shape index (κ3) is 179000. The largest absolute Gasteiger partial charge is 1.00 e. The van der Waals surface area contributed by atoms with Gasteiger partial charge in [0.2, 0.25) is 0 Å². The Kier molecular flexibility index (Phi) is 8.63. The fourth-order valence-corrected chi connectivity index (χ4v) is 0. The van der Waals surface area contributed by atoms with Crippen LogP contribution in [0, 0.1) is 0 Å². The van der Waals surface area contributed by atoms with E-state index in [0.717, 1.165) is 8.97 Å². The summed E-state index contributed by atoms with van der Waals surface area (Å²) in [6.07, 6.45) is 0. The molecule has 0 aliphatic heterocycles. The van der Waals surface area contributed by atoms with Gasteiger partial charge in [-0.15, -0.1) is 0 Å². The smallest absolute Gasteiger partial charge is 1.00 e. The Bertz CT molecular complexity index is 185. The van der Waals surface area contributed by atoms with E-state index in [9.17, 15) is 25.2 Å². The van der Waals surface area contributed by atoms with Crippen LogP contribution in [0.5, 0.6) is 0 Å². The van der Waals surface area contributed by atoms with Crippen LogP contribution in [0.3, 0.4) is 0 Å². The van der Waals surface area contributed by atoms with E-state index in [1.807, 2.05) is 0 Å². The zero-order valence-electron chi connectivity index (χ0n) is 12.0. The Hall–Kier alpha value is -0.140. The molecular formula is C8H24F7N2P. The second-order valence-corrected chi connectivity index (χ2v) is 8.24. The first kappa shape index (κ1) is 26.4. The van der Waals surface area contributed by atoms with Gasteiger partial charge < -0.3 is 13.7 Å². The standard InChI is InChI=1S/2C4H12N.F6P.FH/c2*1-5(2,3)4;1-7(2,3,4,5)6;/h2*1-4H3;;1H/q2*+1;-1;/p-1. The van der Waals surface area contributed by atoms with Crippen molar-refractivity contribution in [2.75, 3.05) is 56.4 Å². The molecular weight excluding hydrogens is 288 g/mol. The van der Waals surface area contributed by atoms with Crippen LogP contribution in [-0.2, 0) is 0 Å². The Balaban J connectivity index is -0.0000000813. The molecule has 0 saturated carbocycles. The van der Waals surface area contributed by atoms with Crippen LogP contribution in [0.2, 0.25) is 0 Å². The van der Waals surface area contributed by atoms with Gasteiger partial charge in [0.25, 0.3) is 0 Å². The molecule has 0 aliphatic rings. The van der Waals surface area contributed by atoms with E-state index in [2.05, 4.69) is 56.4 Å². The molecule has 0 aromatic rings. The predicted molar refractivity (Wildman–Crippen MR) is 61.5 cm³/mol. The van der Waals surface area contributed by atoms with Crippen molar-refractivity contribution in [3.63, 3.8) is 0 Å². The van der Waals surface area contributed by atoms with Gasteiger partial charge >= 0.3 is 33.0 Å². The normalized spacial score (nSPS) is 15.7. The van der Waals surface area contributed by atoms with E-state index in [4.69, 9.17) is 0 Å². The third-order valence-corrected chi connectivity index (χ3v) is 0. The van der Waals surface area contributed by atoms with Crippen molar-refractivity contribution in [2.24, 2.45) is 0 Å². The van der Waals surface area contributed by atoms with Crippen LogP contribution in [0.4, 0.5) is 25.2 Å². The van der Waals surface area contributed by atoms with E-state index < -0.39 is 7.81 Å². The SMILES string of the molecule is C[N+](C)(C)C.C[N+](C)(C)C.F[P-](F)(F)(F)(F)F.[F-]. The molecule has 0 radical (unpaired) electrons. The number of quaternary nitrogens is 2. The summed E-state index contributed by atoms with van der Waals surface area (Å²) in [6, 6.07) is 0. The van der Waals surface area contributed by atoms with Gasteiger partial charge in [0, 0.05) is 0 Å². The minimum atomic E-state index is -10.7. The molecule has 0 spiro atoms. The van der Waals surface area contributed by atoms with Crippen molar-refractivity contribution >= 4 is 7.81 Å². The van der Waals surface area contributed by atoms with Crippen molar-refractivity contribution in [1.29, 1.82) is 0 Å². The monoisotopic (exact) mass is 312 g/mol. The molecule has 18 heavy (non-hydrogen) atoms. The second-order valence-electron chi connectivity index (χ2n) is 6.32. The second kappa shape index (κ2) is 5.88. The van der Waals surface area contributed by atoms with Gasteiger partial charge in [-0.05, 0) is 0 Å². The van der Waals surface area contributed by atoms with Gasteiger partial charge in [-0.1, -0.05) is 0 Å². The number of hydrogen-bond donors (Lipinski definition) is 0. The molecule has 0 bridgehead atoms. The van der Waals surface area contributed by atoms with Crippen LogP contribution in [0.15, 0.2) is 0 Å². The zero-order chi connectivity index (χ0) is 15.4. The topological polar surface area (TPSA) is 0 Å². The average molecular weight is 312 g/mol. The van der Waals surface area contributed by atoms with E-state index >= 15 is 0 Å². The van der Waals surface area contributed by atoms with Crippen LogP contribution in [-0.4, -0.2) is 65.3 Å². The molecule has 120 valence electrons. The van der Waals surface area contributed by atoms with E-state index in [1.165, 1.54) is 0 Å². The van der Waals surface area contributed by atoms with Crippen molar-refractivity contribution in [2.45, 2.75) is 0 Å². The first-order chi connectivity index (χ1) is 6.45. The molecule has 0 saturated heterocycles. The summed E-state index contributed by atoms with van der Waals surface area (Å²) in [5, 5.41) is 0. The number of halogens is 7. The number of hydrogen-bond acceptors (Lipinski definition) is 0. The Morgan fingerprint density at radius 2 is 0.500 bits per heavy atom. The first-order valence-electron chi connectivity index (χ1n) is 4.59. The summed E-state index contributed by atoms with van der Waals surface area (Å²) in [5.41, 5.74) is 0. The molecule has 0 aliphatic carbocycles. The molecule has 0 heterocycles.